The number of aromatic nitrogens is 5. The lowest BCUT2D eigenvalue weighted by Crippen LogP contribution is -2.37. The second-order valence-electron chi connectivity index (χ2n) is 6.79. The maximum atomic E-state index is 12.9. The van der Waals surface area contributed by atoms with Crippen molar-refractivity contribution >= 4 is 16.9 Å². The monoisotopic (exact) mass is 365 g/mol. The molecule has 4 rings (SSSR count). The Morgan fingerprint density at radius 1 is 1.00 bits per heavy atom. The number of hydrogen-bond acceptors (Lipinski definition) is 3. The van der Waals surface area contributed by atoms with Crippen LogP contribution in [0.2, 0.25) is 0 Å². The van der Waals surface area contributed by atoms with Crippen molar-refractivity contribution in [3.05, 3.63) is 56.9 Å². The van der Waals surface area contributed by atoms with E-state index >= 15 is 0 Å². The molecule has 0 bridgehead atoms. The minimum Gasteiger partial charge on any atom is -0.309 e. The molecule has 7 nitrogen and oxygen atoms in total. The van der Waals surface area contributed by atoms with E-state index < -0.39 is 0 Å². The maximum Gasteiger partial charge on any atom is 0.332 e. The Hall–Kier alpha value is -3.09. The van der Waals surface area contributed by atoms with Crippen LogP contribution in [0.4, 0.5) is 0 Å². The average molecular weight is 365 g/mol. The molecule has 0 radical (unpaired) electrons. The van der Waals surface area contributed by atoms with Gasteiger partial charge in [-0.2, -0.15) is 4.98 Å². The summed E-state index contributed by atoms with van der Waals surface area (Å²) in [6.45, 7) is 4.98. The normalized spacial score (nSPS) is 11.7. The van der Waals surface area contributed by atoms with Crippen molar-refractivity contribution in [1.29, 1.82) is 0 Å². The Kier molecular flexibility index (Phi) is 4.02. The zero-order chi connectivity index (χ0) is 19.3. The molecule has 0 aliphatic rings. The minimum atomic E-state index is -0.364. The first-order chi connectivity index (χ1) is 13.0. The Balaban J connectivity index is 2.26. The van der Waals surface area contributed by atoms with Gasteiger partial charge in [0.15, 0.2) is 11.2 Å². The van der Waals surface area contributed by atoms with Crippen LogP contribution >= 0.6 is 0 Å². The quantitative estimate of drug-likeness (QED) is 0.557. The van der Waals surface area contributed by atoms with Crippen LogP contribution in [0.1, 0.15) is 26.0 Å². The molecule has 0 saturated heterocycles. The SMILES string of the molecule is CCCn1c(-c2ccccc2)c(CC)n2c3c(=O)n(C)c(=O)n(C)c3nc12. The highest BCUT2D eigenvalue weighted by atomic mass is 16.2. The van der Waals surface area contributed by atoms with Gasteiger partial charge in [-0.3, -0.25) is 18.3 Å². The van der Waals surface area contributed by atoms with Crippen LogP contribution in [0.15, 0.2) is 39.9 Å². The lowest BCUT2D eigenvalue weighted by Gasteiger charge is -2.10. The van der Waals surface area contributed by atoms with Gasteiger partial charge in [0.05, 0.1) is 11.4 Å². The summed E-state index contributed by atoms with van der Waals surface area (Å²) in [6, 6.07) is 10.2. The minimum absolute atomic E-state index is 0.316. The molecule has 0 saturated carbocycles. The third-order valence-corrected chi connectivity index (χ3v) is 5.12. The number of aryl methyl sites for hydroxylation is 3. The molecule has 3 aromatic heterocycles. The van der Waals surface area contributed by atoms with E-state index in [9.17, 15) is 9.59 Å². The van der Waals surface area contributed by atoms with E-state index in [0.29, 0.717) is 16.9 Å². The van der Waals surface area contributed by atoms with Crippen molar-refractivity contribution in [2.45, 2.75) is 33.2 Å². The number of nitrogens with zero attached hydrogens (tertiary/aromatic N) is 5. The highest BCUT2D eigenvalue weighted by molar-refractivity contribution is 5.80. The third kappa shape index (κ3) is 2.31. The first-order valence-electron chi connectivity index (χ1n) is 9.26. The van der Waals surface area contributed by atoms with Gasteiger partial charge in [0, 0.05) is 26.2 Å². The zero-order valence-electron chi connectivity index (χ0n) is 16.1. The molecule has 0 amide bonds. The van der Waals surface area contributed by atoms with Gasteiger partial charge < -0.3 is 4.57 Å². The molecule has 0 aliphatic carbocycles. The summed E-state index contributed by atoms with van der Waals surface area (Å²) in [5.74, 6) is 0.709. The summed E-state index contributed by atoms with van der Waals surface area (Å²) in [6.07, 6.45) is 1.68. The first kappa shape index (κ1) is 17.3. The van der Waals surface area contributed by atoms with Gasteiger partial charge in [0.1, 0.15) is 0 Å². The summed E-state index contributed by atoms with van der Waals surface area (Å²) in [5, 5.41) is 0. The second kappa shape index (κ2) is 6.26. The number of fused-ring (bicyclic) bond motifs is 3. The van der Waals surface area contributed by atoms with Gasteiger partial charge in [-0.25, -0.2) is 4.79 Å². The average Bonchev–Trinajstić information content (AvgIpc) is 3.21. The van der Waals surface area contributed by atoms with E-state index in [0.717, 1.165) is 40.9 Å². The lowest BCUT2D eigenvalue weighted by molar-refractivity contribution is 0.697. The van der Waals surface area contributed by atoms with E-state index in [4.69, 9.17) is 4.98 Å². The Morgan fingerprint density at radius 2 is 1.70 bits per heavy atom. The van der Waals surface area contributed by atoms with E-state index in [1.54, 1.807) is 7.05 Å². The summed E-state index contributed by atoms with van der Waals surface area (Å²) < 4.78 is 6.70. The van der Waals surface area contributed by atoms with Gasteiger partial charge in [-0.15, -0.1) is 0 Å². The standard InChI is InChI=1S/C20H23N5O2/c1-5-12-24-15(13-10-8-7-9-11-13)14(6-2)25-16-17(21-19(24)25)22(3)20(27)23(4)18(16)26/h7-11H,5-6,12H2,1-4H3. The van der Waals surface area contributed by atoms with Crippen molar-refractivity contribution in [3.63, 3.8) is 0 Å². The summed E-state index contributed by atoms with van der Waals surface area (Å²) >= 11 is 0. The highest BCUT2D eigenvalue weighted by Crippen LogP contribution is 2.30. The molecule has 4 aromatic rings. The molecule has 0 aliphatic heterocycles. The number of imidazole rings is 2. The lowest BCUT2D eigenvalue weighted by atomic mass is 10.1. The van der Waals surface area contributed by atoms with Gasteiger partial charge >= 0.3 is 5.69 Å². The number of hydrogen-bond donors (Lipinski definition) is 0. The highest BCUT2D eigenvalue weighted by Gasteiger charge is 2.24. The molecule has 1 aromatic carbocycles. The summed E-state index contributed by atoms with van der Waals surface area (Å²) in [4.78, 5) is 30.0. The van der Waals surface area contributed by atoms with Crippen LogP contribution < -0.4 is 11.2 Å². The van der Waals surface area contributed by atoms with Crippen LogP contribution in [0.3, 0.4) is 0 Å². The van der Waals surface area contributed by atoms with Crippen molar-refractivity contribution in [1.82, 2.24) is 23.1 Å². The van der Waals surface area contributed by atoms with Crippen LogP contribution in [0.5, 0.6) is 0 Å². The van der Waals surface area contributed by atoms with E-state index in [2.05, 4.69) is 30.5 Å². The van der Waals surface area contributed by atoms with Crippen LogP contribution in [-0.2, 0) is 27.1 Å². The predicted molar refractivity (Wildman–Crippen MR) is 106 cm³/mol. The molecule has 0 spiro atoms. The summed E-state index contributed by atoms with van der Waals surface area (Å²) in [7, 11) is 3.17. The Bertz CT molecular complexity index is 1270. The molecule has 0 N–H and O–H groups in total. The largest absolute Gasteiger partial charge is 0.332 e. The molecule has 0 unspecified atom stereocenters. The second-order valence-corrected chi connectivity index (χ2v) is 6.79. The van der Waals surface area contributed by atoms with Crippen molar-refractivity contribution in [3.8, 4) is 11.3 Å². The summed E-state index contributed by atoms with van der Waals surface area (Å²) in [5.41, 5.74) is 3.42. The van der Waals surface area contributed by atoms with Gasteiger partial charge in [-0.05, 0) is 12.8 Å². The smallest absolute Gasteiger partial charge is 0.309 e. The molecular formula is C20H23N5O2. The van der Waals surface area contributed by atoms with Crippen molar-refractivity contribution in [2.75, 3.05) is 0 Å². The Morgan fingerprint density at radius 3 is 2.33 bits per heavy atom. The molecule has 27 heavy (non-hydrogen) atoms. The molecule has 3 heterocycles. The fraction of sp³-hybridized carbons (Fsp3) is 0.350. The van der Waals surface area contributed by atoms with E-state index in [1.165, 1.54) is 11.6 Å². The molecular weight excluding hydrogens is 342 g/mol. The number of rotatable bonds is 4. The molecule has 0 atom stereocenters. The predicted octanol–water partition coefficient (Wildman–Crippen LogP) is 2.33. The first-order valence-corrected chi connectivity index (χ1v) is 9.26. The molecule has 7 heteroatoms. The molecule has 140 valence electrons. The van der Waals surface area contributed by atoms with Gasteiger partial charge in [0.25, 0.3) is 5.56 Å². The third-order valence-electron chi connectivity index (χ3n) is 5.12. The fourth-order valence-electron chi connectivity index (χ4n) is 3.86. The van der Waals surface area contributed by atoms with E-state index in [-0.39, 0.29) is 11.2 Å². The van der Waals surface area contributed by atoms with Crippen LogP contribution in [0.25, 0.3) is 28.2 Å². The maximum absolute atomic E-state index is 12.9. The van der Waals surface area contributed by atoms with Crippen LogP contribution in [0, 0.1) is 0 Å². The van der Waals surface area contributed by atoms with Gasteiger partial charge in [-0.1, -0.05) is 44.2 Å². The van der Waals surface area contributed by atoms with Crippen molar-refractivity contribution in [2.24, 2.45) is 14.1 Å². The number of benzene rings is 1. The van der Waals surface area contributed by atoms with Crippen LogP contribution in [-0.4, -0.2) is 23.1 Å². The Labute approximate surface area is 156 Å². The van der Waals surface area contributed by atoms with Crippen molar-refractivity contribution < 1.29 is 0 Å². The van der Waals surface area contributed by atoms with Gasteiger partial charge in [0.2, 0.25) is 5.78 Å². The zero-order valence-corrected chi connectivity index (χ0v) is 16.1. The fourth-order valence-corrected chi connectivity index (χ4v) is 3.86. The van der Waals surface area contributed by atoms with E-state index in [1.807, 2.05) is 22.6 Å². The molecule has 0 fully saturated rings. The topological polar surface area (TPSA) is 66.2 Å².